The van der Waals surface area contributed by atoms with E-state index in [1.807, 2.05) is 0 Å². The van der Waals surface area contributed by atoms with E-state index in [-0.39, 0.29) is 17.7 Å². The lowest BCUT2D eigenvalue weighted by atomic mass is 10.3. The number of aromatic nitrogens is 1. The van der Waals surface area contributed by atoms with Crippen molar-refractivity contribution in [2.24, 2.45) is 0 Å². The third-order valence-electron chi connectivity index (χ3n) is 3.65. The van der Waals surface area contributed by atoms with Crippen LogP contribution in [0.25, 0.3) is 11.5 Å². The van der Waals surface area contributed by atoms with Gasteiger partial charge in [-0.15, -0.1) is 22.7 Å². The van der Waals surface area contributed by atoms with Crippen molar-refractivity contribution in [2.45, 2.75) is 26.4 Å². The Morgan fingerprint density at radius 2 is 2.04 bits per heavy atom. The molecule has 0 bridgehead atoms. The minimum Gasteiger partial charge on any atom is -0.458 e. The van der Waals surface area contributed by atoms with Gasteiger partial charge in [-0.3, -0.25) is 14.4 Å². The number of hydrogen-bond donors (Lipinski definition) is 3. The molecule has 0 aromatic carbocycles. The van der Waals surface area contributed by atoms with Gasteiger partial charge >= 0.3 is 0 Å². The van der Waals surface area contributed by atoms with Gasteiger partial charge in [-0.05, 0) is 30.5 Å². The van der Waals surface area contributed by atoms with Gasteiger partial charge in [0.2, 0.25) is 11.8 Å². The van der Waals surface area contributed by atoms with Crippen molar-refractivity contribution in [2.75, 3.05) is 5.32 Å². The number of amides is 3. The van der Waals surface area contributed by atoms with Gasteiger partial charge in [0, 0.05) is 12.3 Å². The van der Waals surface area contributed by atoms with Gasteiger partial charge in [0.05, 0.1) is 11.4 Å². The Bertz CT molecular complexity index is 978. The van der Waals surface area contributed by atoms with Crippen LogP contribution in [0.5, 0.6) is 0 Å². The summed E-state index contributed by atoms with van der Waals surface area (Å²) in [5.74, 6) is 0.345. The summed E-state index contributed by atoms with van der Waals surface area (Å²) >= 11 is 2.56. The number of nitrogens with one attached hydrogen (secondary N) is 3. The summed E-state index contributed by atoms with van der Waals surface area (Å²) in [7, 11) is 0. The number of nitrogens with zero attached hydrogens (tertiary/aromatic N) is 1. The van der Waals surface area contributed by atoms with E-state index in [1.54, 1.807) is 41.9 Å². The van der Waals surface area contributed by atoms with E-state index in [1.165, 1.54) is 29.6 Å². The molecule has 0 saturated carbocycles. The molecule has 3 aromatic rings. The van der Waals surface area contributed by atoms with Gasteiger partial charge in [-0.2, -0.15) is 0 Å². The molecule has 10 heteroatoms. The Balaban J connectivity index is 1.57. The lowest BCUT2D eigenvalue weighted by molar-refractivity contribution is -0.119. The van der Waals surface area contributed by atoms with Crippen molar-refractivity contribution in [1.82, 2.24) is 15.6 Å². The average molecular weight is 419 g/mol. The Hall–Kier alpha value is -2.98. The van der Waals surface area contributed by atoms with Gasteiger partial charge < -0.3 is 20.4 Å². The summed E-state index contributed by atoms with van der Waals surface area (Å²) in [5.41, 5.74) is 0.574. The number of anilines is 1. The van der Waals surface area contributed by atoms with E-state index in [0.717, 1.165) is 0 Å². The van der Waals surface area contributed by atoms with Crippen LogP contribution in [0.1, 0.15) is 29.3 Å². The number of hydrogen-bond acceptors (Lipinski definition) is 7. The van der Waals surface area contributed by atoms with E-state index in [2.05, 4.69) is 20.9 Å². The van der Waals surface area contributed by atoms with Crippen LogP contribution >= 0.6 is 22.7 Å². The van der Waals surface area contributed by atoms with Gasteiger partial charge in [0.15, 0.2) is 10.9 Å². The van der Waals surface area contributed by atoms with Gasteiger partial charge in [0.25, 0.3) is 5.91 Å². The van der Waals surface area contributed by atoms with E-state index >= 15 is 0 Å². The molecule has 0 aliphatic heterocycles. The molecule has 3 rings (SSSR count). The van der Waals surface area contributed by atoms with Crippen molar-refractivity contribution in [3.8, 4) is 11.5 Å². The summed E-state index contributed by atoms with van der Waals surface area (Å²) in [6.45, 7) is 3.34. The minimum atomic E-state index is -0.713. The number of thiazole rings is 1. The summed E-state index contributed by atoms with van der Waals surface area (Å²) in [5, 5.41) is 11.9. The molecular formula is C18H18N4O4S2. The molecule has 0 radical (unpaired) electrons. The highest BCUT2D eigenvalue weighted by Crippen LogP contribution is 2.26. The van der Waals surface area contributed by atoms with E-state index in [9.17, 15) is 14.4 Å². The predicted octanol–water partition coefficient (Wildman–Crippen LogP) is 2.86. The number of rotatable bonds is 7. The molecule has 0 fully saturated rings. The number of furan rings is 1. The first-order valence-electron chi connectivity index (χ1n) is 8.36. The van der Waals surface area contributed by atoms with Crippen LogP contribution in [-0.2, 0) is 16.1 Å². The highest BCUT2D eigenvalue weighted by Gasteiger charge is 2.19. The summed E-state index contributed by atoms with van der Waals surface area (Å²) in [6, 6.07) is 6.26. The number of carbonyl (C=O) groups excluding carboxylic acids is 3. The lowest BCUT2D eigenvalue weighted by Gasteiger charge is -2.12. The first-order chi connectivity index (χ1) is 13.4. The van der Waals surface area contributed by atoms with Crippen molar-refractivity contribution in [3.05, 3.63) is 45.7 Å². The SMILES string of the molecule is CC(=O)NCc1ccc(-c2csc(NC(=O)[C@@H](C)NC(=O)c3cccs3)n2)o1. The van der Waals surface area contributed by atoms with Gasteiger partial charge in [0.1, 0.15) is 17.5 Å². The van der Waals surface area contributed by atoms with Crippen LogP contribution in [0, 0.1) is 0 Å². The molecule has 0 unspecified atom stereocenters. The molecular weight excluding hydrogens is 400 g/mol. The van der Waals surface area contributed by atoms with Crippen LogP contribution in [0.4, 0.5) is 5.13 Å². The Morgan fingerprint density at radius 1 is 1.21 bits per heavy atom. The molecule has 8 nitrogen and oxygen atoms in total. The monoisotopic (exact) mass is 418 g/mol. The van der Waals surface area contributed by atoms with Crippen LogP contribution < -0.4 is 16.0 Å². The third-order valence-corrected chi connectivity index (χ3v) is 5.27. The predicted molar refractivity (Wildman–Crippen MR) is 107 cm³/mol. The van der Waals surface area contributed by atoms with E-state index in [0.29, 0.717) is 33.8 Å². The van der Waals surface area contributed by atoms with Gasteiger partial charge in [-0.1, -0.05) is 6.07 Å². The first-order valence-corrected chi connectivity index (χ1v) is 10.1. The standard InChI is InChI=1S/C18H18N4O4S2/c1-10(20-17(25)15-4-3-7-27-15)16(24)22-18-21-13(9-28-18)14-6-5-12(26-14)8-19-11(2)23/h3-7,9-10H,8H2,1-2H3,(H,19,23)(H,20,25)(H,21,22,24)/t10-/m1/s1. The maximum absolute atomic E-state index is 12.3. The van der Waals surface area contributed by atoms with Crippen molar-refractivity contribution >= 4 is 45.5 Å². The third kappa shape index (κ3) is 5.05. The second-order valence-corrected chi connectivity index (χ2v) is 7.68. The molecule has 0 aliphatic carbocycles. The topological polar surface area (TPSA) is 113 Å². The van der Waals surface area contributed by atoms with Crippen LogP contribution in [0.2, 0.25) is 0 Å². The molecule has 146 valence electrons. The fourth-order valence-corrected chi connectivity index (χ4v) is 3.55. The molecule has 3 amide bonds. The zero-order valence-corrected chi connectivity index (χ0v) is 16.8. The highest BCUT2D eigenvalue weighted by molar-refractivity contribution is 7.14. The second-order valence-electron chi connectivity index (χ2n) is 5.88. The first kappa shape index (κ1) is 19.8. The highest BCUT2D eigenvalue weighted by atomic mass is 32.1. The fraction of sp³-hybridized carbons (Fsp3) is 0.222. The van der Waals surface area contributed by atoms with Crippen LogP contribution in [-0.4, -0.2) is 28.7 Å². The van der Waals surface area contributed by atoms with Crippen LogP contribution in [0.15, 0.2) is 39.4 Å². The molecule has 3 aromatic heterocycles. The van der Waals surface area contributed by atoms with Crippen molar-refractivity contribution in [1.29, 1.82) is 0 Å². The zero-order chi connectivity index (χ0) is 20.1. The van der Waals surface area contributed by atoms with E-state index < -0.39 is 6.04 Å². The molecule has 3 N–H and O–H groups in total. The summed E-state index contributed by atoms with van der Waals surface area (Å²) in [6.07, 6.45) is 0. The summed E-state index contributed by atoms with van der Waals surface area (Å²) < 4.78 is 5.64. The normalized spacial score (nSPS) is 11.6. The molecule has 1 atom stereocenters. The molecule has 0 saturated heterocycles. The minimum absolute atomic E-state index is 0.142. The second kappa shape index (κ2) is 8.81. The molecule has 3 heterocycles. The largest absolute Gasteiger partial charge is 0.458 e. The maximum atomic E-state index is 12.3. The number of thiophene rings is 1. The number of carbonyl (C=O) groups is 3. The molecule has 0 aliphatic rings. The zero-order valence-electron chi connectivity index (χ0n) is 15.1. The summed E-state index contributed by atoms with van der Waals surface area (Å²) in [4.78, 5) is 40.2. The van der Waals surface area contributed by atoms with Crippen molar-refractivity contribution in [3.63, 3.8) is 0 Å². The van der Waals surface area contributed by atoms with Crippen LogP contribution in [0.3, 0.4) is 0 Å². The fourth-order valence-electron chi connectivity index (χ4n) is 2.22. The maximum Gasteiger partial charge on any atom is 0.261 e. The van der Waals surface area contributed by atoms with Gasteiger partial charge in [-0.25, -0.2) is 4.98 Å². The Morgan fingerprint density at radius 3 is 2.75 bits per heavy atom. The quantitative estimate of drug-likeness (QED) is 0.546. The van der Waals surface area contributed by atoms with E-state index in [4.69, 9.17) is 4.42 Å². The Labute approximate surface area is 169 Å². The molecule has 28 heavy (non-hydrogen) atoms. The molecule has 0 spiro atoms. The Kier molecular flexibility index (Phi) is 6.22. The smallest absolute Gasteiger partial charge is 0.261 e. The average Bonchev–Trinajstić information content (AvgIpc) is 3.40. The van der Waals surface area contributed by atoms with Crippen molar-refractivity contribution < 1.29 is 18.8 Å². The lowest BCUT2D eigenvalue weighted by Crippen LogP contribution is -2.41.